The molecule has 0 aliphatic carbocycles. The maximum absolute atomic E-state index is 10.6. The Labute approximate surface area is 87.0 Å². The van der Waals surface area contributed by atoms with E-state index in [-0.39, 0.29) is 12.3 Å². The van der Waals surface area contributed by atoms with Crippen LogP contribution in [0.25, 0.3) is 0 Å². The number of aromatic hydroxyl groups is 1. The Kier molecular flexibility index (Phi) is 4.08. The molecule has 1 rings (SSSR count). The molecule has 0 amide bonds. The molecule has 0 saturated heterocycles. The number of nitrogens with one attached hydrogen (secondary N) is 1. The molecule has 1 atom stereocenters. The lowest BCUT2D eigenvalue weighted by Gasteiger charge is -2.11. The molecule has 4 N–H and O–H groups in total. The smallest absolute Gasteiger partial charge is 0.323 e. The molecule has 0 unspecified atom stereocenters. The van der Waals surface area contributed by atoms with Crippen LogP contribution in [0.15, 0.2) is 24.3 Å². The second-order valence-electron chi connectivity index (χ2n) is 3.08. The normalized spacial score (nSPS) is 12.3. The van der Waals surface area contributed by atoms with Crippen molar-refractivity contribution < 1.29 is 20.1 Å². The molecule has 82 valence electrons. The van der Waals surface area contributed by atoms with Gasteiger partial charge in [-0.25, -0.2) is 0 Å². The zero-order valence-corrected chi connectivity index (χ0v) is 8.05. The Hall–Kier alpha value is -1.59. The van der Waals surface area contributed by atoms with Gasteiger partial charge in [0.2, 0.25) is 0 Å². The van der Waals surface area contributed by atoms with Crippen molar-refractivity contribution in [3.05, 3.63) is 29.8 Å². The van der Waals surface area contributed by atoms with Gasteiger partial charge in [-0.15, -0.1) is 0 Å². The van der Waals surface area contributed by atoms with Gasteiger partial charge >= 0.3 is 5.97 Å². The molecule has 0 aromatic heterocycles. The first-order chi connectivity index (χ1) is 7.15. The van der Waals surface area contributed by atoms with Crippen molar-refractivity contribution in [3.8, 4) is 5.75 Å². The molecule has 5 heteroatoms. The zero-order chi connectivity index (χ0) is 11.3. The summed E-state index contributed by atoms with van der Waals surface area (Å²) in [6.45, 7) is -0.285. The van der Waals surface area contributed by atoms with Crippen LogP contribution in [0.2, 0.25) is 0 Å². The monoisotopic (exact) mass is 211 g/mol. The predicted octanol–water partition coefficient (Wildman–Crippen LogP) is -0.0727. The predicted molar refractivity (Wildman–Crippen MR) is 53.5 cm³/mol. The van der Waals surface area contributed by atoms with Crippen LogP contribution in [0.5, 0.6) is 5.75 Å². The maximum atomic E-state index is 10.6. The highest BCUT2D eigenvalue weighted by atomic mass is 16.4. The first kappa shape index (κ1) is 11.5. The van der Waals surface area contributed by atoms with Gasteiger partial charge in [-0.05, 0) is 6.07 Å². The molecule has 15 heavy (non-hydrogen) atoms. The maximum Gasteiger partial charge on any atom is 0.323 e. The highest BCUT2D eigenvalue weighted by Crippen LogP contribution is 2.14. The highest BCUT2D eigenvalue weighted by Gasteiger charge is 2.15. The third-order valence-corrected chi connectivity index (χ3v) is 2.01. The fourth-order valence-corrected chi connectivity index (χ4v) is 1.12. The van der Waals surface area contributed by atoms with E-state index in [1.807, 2.05) is 0 Å². The standard InChI is InChI=1S/C10H13NO4/c12-6-8(10(14)15)11-5-7-3-1-2-4-9(7)13/h1-4,8,11-13H,5-6H2,(H,14,15)/t8-/m0/s1. The Morgan fingerprint density at radius 3 is 2.60 bits per heavy atom. The van der Waals surface area contributed by atoms with Crippen molar-refractivity contribution in [1.82, 2.24) is 5.32 Å². The number of carbonyl (C=O) groups is 1. The van der Waals surface area contributed by atoms with Crippen LogP contribution >= 0.6 is 0 Å². The summed E-state index contributed by atoms with van der Waals surface area (Å²) in [4.78, 5) is 10.6. The largest absolute Gasteiger partial charge is 0.508 e. The lowest BCUT2D eigenvalue weighted by atomic mass is 10.2. The topological polar surface area (TPSA) is 89.8 Å². The minimum Gasteiger partial charge on any atom is -0.508 e. The molecule has 0 aliphatic heterocycles. The number of benzene rings is 1. The summed E-state index contributed by atoms with van der Waals surface area (Å²) >= 11 is 0. The SMILES string of the molecule is O=C(O)[C@H](CO)NCc1ccccc1O. The van der Waals surface area contributed by atoms with Crippen molar-refractivity contribution in [2.45, 2.75) is 12.6 Å². The fraction of sp³-hybridized carbons (Fsp3) is 0.300. The number of aliphatic hydroxyl groups is 1. The minimum absolute atomic E-state index is 0.104. The van der Waals surface area contributed by atoms with Gasteiger partial charge in [0.05, 0.1) is 6.61 Å². The number of aliphatic hydroxyl groups excluding tert-OH is 1. The molecule has 0 fully saturated rings. The average Bonchev–Trinajstić information content (AvgIpc) is 2.21. The number of para-hydroxylation sites is 1. The molecule has 1 aromatic rings. The molecule has 0 saturated carbocycles. The number of carboxylic acid groups (broad SMARTS) is 1. The highest BCUT2D eigenvalue weighted by molar-refractivity contribution is 5.73. The molecule has 0 aliphatic rings. The number of hydrogen-bond donors (Lipinski definition) is 4. The van der Waals surface area contributed by atoms with Crippen LogP contribution in [-0.4, -0.2) is 33.9 Å². The van der Waals surface area contributed by atoms with Crippen molar-refractivity contribution in [1.29, 1.82) is 0 Å². The van der Waals surface area contributed by atoms with Crippen LogP contribution in [0.3, 0.4) is 0 Å². The fourth-order valence-electron chi connectivity index (χ4n) is 1.12. The van der Waals surface area contributed by atoms with E-state index in [4.69, 9.17) is 10.2 Å². The Bertz CT molecular complexity index is 340. The summed E-state index contributed by atoms with van der Waals surface area (Å²) in [5.74, 6) is -1.01. The Morgan fingerprint density at radius 1 is 1.40 bits per heavy atom. The molecule has 5 nitrogen and oxygen atoms in total. The van der Waals surface area contributed by atoms with E-state index in [2.05, 4.69) is 5.32 Å². The van der Waals surface area contributed by atoms with Crippen molar-refractivity contribution in [2.75, 3.05) is 6.61 Å². The summed E-state index contributed by atoms with van der Waals surface area (Å²) in [6, 6.07) is 5.61. The van der Waals surface area contributed by atoms with Gasteiger partial charge in [0, 0.05) is 12.1 Å². The van der Waals surface area contributed by atoms with E-state index in [0.717, 1.165) is 0 Å². The third kappa shape index (κ3) is 3.23. The van der Waals surface area contributed by atoms with Crippen LogP contribution in [0.1, 0.15) is 5.56 Å². The van der Waals surface area contributed by atoms with Crippen molar-refractivity contribution in [3.63, 3.8) is 0 Å². The molecule has 0 radical (unpaired) electrons. The lowest BCUT2D eigenvalue weighted by Crippen LogP contribution is -2.39. The number of phenolic OH excluding ortho intramolecular Hbond substituents is 1. The van der Waals surface area contributed by atoms with Crippen LogP contribution in [0.4, 0.5) is 0 Å². The van der Waals surface area contributed by atoms with E-state index in [1.54, 1.807) is 18.2 Å². The second-order valence-corrected chi connectivity index (χ2v) is 3.08. The van der Waals surface area contributed by atoms with Crippen molar-refractivity contribution >= 4 is 5.97 Å². The van der Waals surface area contributed by atoms with Gasteiger partial charge in [0.1, 0.15) is 11.8 Å². The third-order valence-electron chi connectivity index (χ3n) is 2.01. The van der Waals surface area contributed by atoms with E-state index in [1.165, 1.54) is 6.07 Å². The summed E-state index contributed by atoms with van der Waals surface area (Å²) < 4.78 is 0. The van der Waals surface area contributed by atoms with Crippen LogP contribution in [0, 0.1) is 0 Å². The summed E-state index contributed by atoms with van der Waals surface area (Å²) in [5.41, 5.74) is 0.595. The van der Waals surface area contributed by atoms with E-state index in [0.29, 0.717) is 5.56 Å². The second kappa shape index (κ2) is 5.33. The number of aliphatic carboxylic acids is 1. The Balaban J connectivity index is 2.56. The average molecular weight is 211 g/mol. The van der Waals surface area contributed by atoms with Gasteiger partial charge in [-0.2, -0.15) is 0 Å². The zero-order valence-electron chi connectivity index (χ0n) is 8.05. The quantitative estimate of drug-likeness (QED) is 0.547. The van der Waals surface area contributed by atoms with E-state index >= 15 is 0 Å². The lowest BCUT2D eigenvalue weighted by molar-refractivity contribution is -0.140. The molecule has 0 spiro atoms. The molecule has 0 heterocycles. The van der Waals surface area contributed by atoms with Crippen molar-refractivity contribution in [2.24, 2.45) is 0 Å². The first-order valence-corrected chi connectivity index (χ1v) is 4.49. The van der Waals surface area contributed by atoms with E-state index < -0.39 is 18.6 Å². The number of phenols is 1. The molecular weight excluding hydrogens is 198 g/mol. The molecule has 1 aromatic carbocycles. The number of hydrogen-bond acceptors (Lipinski definition) is 4. The summed E-state index contributed by atoms with van der Waals surface area (Å²) in [7, 11) is 0. The number of rotatable bonds is 5. The molecular formula is C10H13NO4. The summed E-state index contributed by atoms with van der Waals surface area (Å²) in [6.07, 6.45) is 0. The number of carboxylic acids is 1. The van der Waals surface area contributed by atoms with Crippen LogP contribution in [-0.2, 0) is 11.3 Å². The Morgan fingerprint density at radius 2 is 2.07 bits per heavy atom. The van der Waals surface area contributed by atoms with Gasteiger partial charge in [-0.1, -0.05) is 18.2 Å². The molecule has 0 bridgehead atoms. The summed E-state index contributed by atoms with van der Waals surface area (Å²) in [5, 5.41) is 29.4. The van der Waals surface area contributed by atoms with E-state index in [9.17, 15) is 9.90 Å². The first-order valence-electron chi connectivity index (χ1n) is 4.49. The van der Waals surface area contributed by atoms with Gasteiger partial charge in [0.25, 0.3) is 0 Å². The van der Waals surface area contributed by atoms with Gasteiger partial charge < -0.3 is 15.3 Å². The van der Waals surface area contributed by atoms with Gasteiger partial charge in [0.15, 0.2) is 0 Å². The minimum atomic E-state index is -1.12. The van der Waals surface area contributed by atoms with Crippen LogP contribution < -0.4 is 5.32 Å². The van der Waals surface area contributed by atoms with Gasteiger partial charge in [-0.3, -0.25) is 10.1 Å².